The van der Waals surface area contributed by atoms with E-state index in [0.29, 0.717) is 11.9 Å². The van der Waals surface area contributed by atoms with Crippen molar-refractivity contribution in [1.29, 1.82) is 0 Å². The van der Waals surface area contributed by atoms with E-state index in [-0.39, 0.29) is 18.7 Å². The highest BCUT2D eigenvalue weighted by molar-refractivity contribution is 6.62. The Balaban J connectivity index is 1.90. The first-order valence-corrected chi connectivity index (χ1v) is 10.5. The van der Waals surface area contributed by atoms with Gasteiger partial charge < -0.3 is 24.1 Å². The maximum absolute atomic E-state index is 15.0. The van der Waals surface area contributed by atoms with Crippen LogP contribution in [-0.4, -0.2) is 49.8 Å². The number of rotatable bonds is 8. The Morgan fingerprint density at radius 3 is 2.26 bits per heavy atom. The molecule has 0 radical (unpaired) electrons. The lowest BCUT2D eigenvalue weighted by Gasteiger charge is -2.32. The van der Waals surface area contributed by atoms with Gasteiger partial charge in [0.2, 0.25) is 0 Å². The van der Waals surface area contributed by atoms with Gasteiger partial charge in [-0.2, -0.15) is 8.78 Å². The van der Waals surface area contributed by atoms with Crippen LogP contribution >= 0.6 is 0 Å². The predicted octanol–water partition coefficient (Wildman–Crippen LogP) is 4.01. The van der Waals surface area contributed by atoms with E-state index in [2.05, 4.69) is 5.32 Å². The Hall–Kier alpha value is -1.71. The summed E-state index contributed by atoms with van der Waals surface area (Å²) < 4.78 is 52.1. The van der Waals surface area contributed by atoms with Crippen LogP contribution in [0.2, 0.25) is 0 Å². The van der Waals surface area contributed by atoms with Gasteiger partial charge in [-0.05, 0) is 60.3 Å². The van der Waals surface area contributed by atoms with E-state index >= 15 is 0 Å². The Bertz CT molecular complexity index is 749. The van der Waals surface area contributed by atoms with E-state index in [9.17, 15) is 13.6 Å². The molecule has 1 aliphatic rings. The second-order valence-corrected chi connectivity index (χ2v) is 9.71. The predicted molar refractivity (Wildman–Crippen MR) is 116 cm³/mol. The molecule has 0 unspecified atom stereocenters. The lowest BCUT2D eigenvalue weighted by molar-refractivity contribution is -0.0823. The van der Waals surface area contributed by atoms with Gasteiger partial charge in [0, 0.05) is 18.7 Å². The summed E-state index contributed by atoms with van der Waals surface area (Å²) in [4.78, 5) is 11.6. The summed E-state index contributed by atoms with van der Waals surface area (Å²) in [5.41, 5.74) is -1.73. The largest absolute Gasteiger partial charge is 0.495 e. The lowest BCUT2D eigenvalue weighted by Crippen LogP contribution is -2.41. The molecule has 0 atom stereocenters. The van der Waals surface area contributed by atoms with Gasteiger partial charge in [-0.25, -0.2) is 4.79 Å². The van der Waals surface area contributed by atoms with Crippen molar-refractivity contribution in [2.24, 2.45) is 0 Å². The molecule has 1 aliphatic heterocycles. The highest BCUT2D eigenvalue weighted by Crippen LogP contribution is 2.38. The highest BCUT2D eigenvalue weighted by Gasteiger charge is 2.53. The number of hydrogen-bond acceptors (Lipinski definition) is 5. The van der Waals surface area contributed by atoms with Crippen LogP contribution in [0.5, 0.6) is 0 Å². The number of nitrogens with one attached hydrogen (secondary N) is 1. The topological polar surface area (TPSA) is 66.0 Å². The number of ether oxygens (including phenoxy) is 2. The van der Waals surface area contributed by atoms with Crippen molar-refractivity contribution in [3.63, 3.8) is 0 Å². The first-order valence-electron chi connectivity index (χ1n) is 10.5. The normalized spacial score (nSPS) is 18.2. The molecule has 1 aromatic carbocycles. The third-order valence-electron chi connectivity index (χ3n) is 5.28. The van der Waals surface area contributed by atoms with E-state index in [1.165, 1.54) is 6.07 Å². The minimum Gasteiger partial charge on any atom is -0.444 e. The molecule has 0 saturated carbocycles. The van der Waals surface area contributed by atoms with Crippen LogP contribution in [0.4, 0.5) is 13.6 Å². The smallest absolute Gasteiger partial charge is 0.444 e. The molecule has 0 bridgehead atoms. The maximum atomic E-state index is 15.0. The number of alkyl halides is 2. The minimum atomic E-state index is -3.22. The quantitative estimate of drug-likeness (QED) is 0.488. The molecule has 9 heteroatoms. The molecule has 0 aromatic heterocycles. The third-order valence-corrected chi connectivity index (χ3v) is 5.28. The van der Waals surface area contributed by atoms with Gasteiger partial charge in [-0.3, -0.25) is 0 Å². The maximum Gasteiger partial charge on any atom is 0.495 e. The monoisotopic (exact) mass is 441 g/mol. The summed E-state index contributed by atoms with van der Waals surface area (Å²) >= 11 is 0. The Kier molecular flexibility index (Phi) is 7.77. The van der Waals surface area contributed by atoms with Crippen LogP contribution in [0.15, 0.2) is 24.3 Å². The van der Waals surface area contributed by atoms with Gasteiger partial charge in [-0.15, -0.1) is 0 Å². The Morgan fingerprint density at radius 2 is 1.68 bits per heavy atom. The molecule has 1 N–H and O–H groups in total. The molecule has 0 spiro atoms. The van der Waals surface area contributed by atoms with Crippen molar-refractivity contribution in [3.05, 3.63) is 29.8 Å². The average Bonchev–Trinajstić information content (AvgIpc) is 2.84. The van der Waals surface area contributed by atoms with E-state index in [4.69, 9.17) is 18.8 Å². The van der Waals surface area contributed by atoms with Gasteiger partial charge in [0.25, 0.3) is 5.92 Å². The Morgan fingerprint density at radius 1 is 1.10 bits per heavy atom. The highest BCUT2D eigenvalue weighted by atomic mass is 19.3. The van der Waals surface area contributed by atoms with Crippen molar-refractivity contribution in [3.8, 4) is 0 Å². The van der Waals surface area contributed by atoms with Crippen molar-refractivity contribution in [2.75, 3.05) is 19.8 Å². The molecule has 1 amide bonds. The molecule has 1 fully saturated rings. The van der Waals surface area contributed by atoms with Crippen molar-refractivity contribution in [2.45, 2.75) is 77.6 Å². The number of hydrogen-bond donors (Lipinski definition) is 1. The summed E-state index contributed by atoms with van der Waals surface area (Å²) in [6, 6.07) is 6.20. The standard InChI is InChI=1S/C22H34BF2NO5/c1-19(2,3)29-18(27)26-13-10-14-28-15-22(24,25)16-11-8-9-12-17(16)23-30-20(4,5)21(6,7)31-23/h8-9,11-12H,10,13-15H2,1-7H3,(H,26,27). The van der Waals surface area contributed by atoms with Crippen LogP contribution < -0.4 is 10.8 Å². The van der Waals surface area contributed by atoms with E-state index in [1.807, 2.05) is 27.7 Å². The molecule has 174 valence electrons. The van der Waals surface area contributed by atoms with Gasteiger partial charge >= 0.3 is 13.2 Å². The Labute approximate surface area is 184 Å². The van der Waals surface area contributed by atoms with Gasteiger partial charge in [-0.1, -0.05) is 24.3 Å². The number of amides is 1. The van der Waals surface area contributed by atoms with Crippen molar-refractivity contribution < 1.29 is 32.4 Å². The molecule has 1 saturated heterocycles. The van der Waals surface area contributed by atoms with E-state index in [1.54, 1.807) is 39.0 Å². The molecule has 1 aromatic rings. The second kappa shape index (κ2) is 9.42. The first kappa shape index (κ1) is 25.6. The molecule has 6 nitrogen and oxygen atoms in total. The van der Waals surface area contributed by atoms with Crippen LogP contribution in [0, 0.1) is 0 Å². The summed E-state index contributed by atoms with van der Waals surface area (Å²) in [7, 11) is -0.884. The molecular formula is C22H34BF2NO5. The number of carbonyl (C=O) groups is 1. The zero-order valence-electron chi connectivity index (χ0n) is 19.5. The van der Waals surface area contributed by atoms with E-state index < -0.39 is 42.5 Å². The average molecular weight is 441 g/mol. The molecule has 31 heavy (non-hydrogen) atoms. The fourth-order valence-corrected chi connectivity index (χ4v) is 2.96. The summed E-state index contributed by atoms with van der Waals surface area (Å²) in [5.74, 6) is -3.22. The zero-order chi connectivity index (χ0) is 23.5. The summed E-state index contributed by atoms with van der Waals surface area (Å²) in [6.45, 7) is 12.4. The first-order chi connectivity index (χ1) is 14.1. The molecule has 1 heterocycles. The van der Waals surface area contributed by atoms with Crippen molar-refractivity contribution in [1.82, 2.24) is 5.32 Å². The van der Waals surface area contributed by atoms with E-state index in [0.717, 1.165) is 0 Å². The second-order valence-electron chi connectivity index (χ2n) is 9.71. The lowest BCUT2D eigenvalue weighted by atomic mass is 9.74. The fraction of sp³-hybridized carbons (Fsp3) is 0.682. The summed E-state index contributed by atoms with van der Waals surface area (Å²) in [6.07, 6.45) is -0.164. The SMILES string of the molecule is CC(C)(C)OC(=O)NCCCOCC(F)(F)c1ccccc1B1OC(C)(C)C(C)(C)O1. The molecule has 0 aliphatic carbocycles. The number of carbonyl (C=O) groups excluding carboxylic acids is 1. The van der Waals surface area contributed by atoms with Crippen LogP contribution in [0.25, 0.3) is 0 Å². The van der Waals surface area contributed by atoms with Gasteiger partial charge in [0.1, 0.15) is 12.2 Å². The van der Waals surface area contributed by atoms with Crippen LogP contribution in [0.1, 0.15) is 60.5 Å². The molecule has 2 rings (SSSR count). The van der Waals surface area contributed by atoms with Gasteiger partial charge in [0.05, 0.1) is 11.2 Å². The van der Waals surface area contributed by atoms with Gasteiger partial charge in [0.15, 0.2) is 0 Å². The van der Waals surface area contributed by atoms with Crippen LogP contribution in [-0.2, 0) is 24.7 Å². The summed E-state index contributed by atoms with van der Waals surface area (Å²) in [5, 5.41) is 2.57. The minimum absolute atomic E-state index is 0.0735. The van der Waals surface area contributed by atoms with Crippen molar-refractivity contribution >= 4 is 18.7 Å². The number of alkyl carbamates (subject to hydrolysis) is 1. The number of halogens is 2. The molecular weight excluding hydrogens is 407 g/mol. The third kappa shape index (κ3) is 6.89. The number of benzene rings is 1. The van der Waals surface area contributed by atoms with Crippen LogP contribution in [0.3, 0.4) is 0 Å². The fourth-order valence-electron chi connectivity index (χ4n) is 2.96. The zero-order valence-corrected chi connectivity index (χ0v) is 19.5.